The third-order valence-corrected chi connectivity index (χ3v) is 5.72. The first-order valence-electron chi connectivity index (χ1n) is 10.2. The van der Waals surface area contributed by atoms with Crippen molar-refractivity contribution in [1.82, 2.24) is 9.88 Å². The van der Waals surface area contributed by atoms with E-state index in [1.807, 2.05) is 18.2 Å². The van der Waals surface area contributed by atoms with Crippen molar-refractivity contribution < 1.29 is 19.1 Å². The number of nitrogens with two attached hydrogens (primary N) is 1. The average Bonchev–Trinajstić information content (AvgIpc) is 3.42. The molecule has 2 amide bonds. The average molecular weight is 452 g/mol. The van der Waals surface area contributed by atoms with Crippen molar-refractivity contribution in [3.63, 3.8) is 0 Å². The fourth-order valence-electron chi connectivity index (χ4n) is 3.86. The highest BCUT2D eigenvalue weighted by atomic mass is 35.5. The predicted octanol–water partition coefficient (Wildman–Crippen LogP) is 3.51. The topological polar surface area (TPSA) is 105 Å². The Morgan fingerprint density at radius 3 is 2.41 bits per heavy atom. The zero-order chi connectivity index (χ0) is 22.7. The van der Waals surface area contributed by atoms with Crippen LogP contribution in [0.5, 0.6) is 0 Å². The number of amides is 2. The Bertz CT molecular complexity index is 1130. The van der Waals surface area contributed by atoms with Gasteiger partial charge < -0.3 is 20.4 Å². The molecular formula is C24H22ClN3O4. The number of H-pyrrole nitrogens is 1. The van der Waals surface area contributed by atoms with Gasteiger partial charge in [-0.1, -0.05) is 41.9 Å². The van der Waals surface area contributed by atoms with E-state index in [1.165, 1.54) is 0 Å². The molecule has 8 heteroatoms. The SMILES string of the molecule is NC(=O)C[C@H]1CN(C(=O)c2ccc(-c3ccc(Cl)cc3)[nH]2)C[C@H]1OC(=O)c1ccccc1. The highest BCUT2D eigenvalue weighted by Crippen LogP contribution is 2.27. The molecule has 0 unspecified atom stereocenters. The number of benzene rings is 2. The lowest BCUT2D eigenvalue weighted by atomic mass is 10.0. The molecule has 0 bridgehead atoms. The fourth-order valence-corrected chi connectivity index (χ4v) is 3.99. The van der Waals surface area contributed by atoms with Gasteiger partial charge >= 0.3 is 5.97 Å². The van der Waals surface area contributed by atoms with Crippen molar-refractivity contribution >= 4 is 29.4 Å². The van der Waals surface area contributed by atoms with Crippen molar-refractivity contribution in [2.24, 2.45) is 11.7 Å². The minimum Gasteiger partial charge on any atom is -0.457 e. The summed E-state index contributed by atoms with van der Waals surface area (Å²) in [4.78, 5) is 41.9. The molecule has 1 aliphatic rings. The number of hydrogen-bond acceptors (Lipinski definition) is 4. The molecule has 4 rings (SSSR count). The molecule has 7 nitrogen and oxygen atoms in total. The third kappa shape index (κ3) is 4.84. The van der Waals surface area contributed by atoms with E-state index in [9.17, 15) is 14.4 Å². The molecule has 164 valence electrons. The smallest absolute Gasteiger partial charge is 0.338 e. The van der Waals surface area contributed by atoms with Crippen molar-refractivity contribution in [3.05, 3.63) is 83.0 Å². The first-order chi connectivity index (χ1) is 15.4. The van der Waals surface area contributed by atoms with Gasteiger partial charge in [0.05, 0.1) is 12.1 Å². The maximum absolute atomic E-state index is 13.1. The molecule has 1 aromatic heterocycles. The lowest BCUT2D eigenvalue weighted by Crippen LogP contribution is -2.31. The van der Waals surface area contributed by atoms with Gasteiger partial charge in [-0.3, -0.25) is 9.59 Å². The highest BCUT2D eigenvalue weighted by molar-refractivity contribution is 6.30. The second-order valence-electron chi connectivity index (χ2n) is 7.74. The van der Waals surface area contributed by atoms with Crippen LogP contribution in [0.25, 0.3) is 11.3 Å². The summed E-state index contributed by atoms with van der Waals surface area (Å²) < 4.78 is 5.65. The highest BCUT2D eigenvalue weighted by Gasteiger charge is 2.39. The van der Waals surface area contributed by atoms with Gasteiger partial charge in [0, 0.05) is 29.6 Å². The van der Waals surface area contributed by atoms with Crippen LogP contribution in [0.3, 0.4) is 0 Å². The number of likely N-dealkylation sites (tertiary alicyclic amines) is 1. The summed E-state index contributed by atoms with van der Waals surface area (Å²) >= 11 is 5.94. The fraction of sp³-hybridized carbons (Fsp3) is 0.208. The quantitative estimate of drug-likeness (QED) is 0.559. The Morgan fingerprint density at radius 2 is 1.72 bits per heavy atom. The number of carbonyl (C=O) groups is 3. The molecule has 2 heterocycles. The van der Waals surface area contributed by atoms with Crippen LogP contribution in [0.1, 0.15) is 27.3 Å². The number of aromatic amines is 1. The molecule has 3 aromatic rings. The predicted molar refractivity (Wildman–Crippen MR) is 120 cm³/mol. The Morgan fingerprint density at radius 1 is 1.00 bits per heavy atom. The molecule has 0 spiro atoms. The summed E-state index contributed by atoms with van der Waals surface area (Å²) in [5.41, 5.74) is 7.89. The molecular weight excluding hydrogens is 430 g/mol. The van der Waals surface area contributed by atoms with Crippen molar-refractivity contribution in [2.75, 3.05) is 13.1 Å². The summed E-state index contributed by atoms with van der Waals surface area (Å²) in [6.07, 6.45) is -0.595. The van der Waals surface area contributed by atoms with Crippen molar-refractivity contribution in [1.29, 1.82) is 0 Å². The van der Waals surface area contributed by atoms with Crippen molar-refractivity contribution in [3.8, 4) is 11.3 Å². The van der Waals surface area contributed by atoms with Gasteiger partial charge in [0.25, 0.3) is 5.91 Å². The van der Waals surface area contributed by atoms with Crippen LogP contribution < -0.4 is 5.73 Å². The Labute approximate surface area is 190 Å². The molecule has 32 heavy (non-hydrogen) atoms. The summed E-state index contributed by atoms with van der Waals surface area (Å²) in [5, 5.41) is 0.630. The van der Waals surface area contributed by atoms with Crippen LogP contribution in [-0.4, -0.2) is 46.9 Å². The van der Waals surface area contributed by atoms with Gasteiger partial charge in [-0.25, -0.2) is 4.79 Å². The number of nitrogens with zero attached hydrogens (tertiary/aromatic N) is 1. The van der Waals surface area contributed by atoms with Gasteiger partial charge in [-0.15, -0.1) is 0 Å². The number of hydrogen-bond donors (Lipinski definition) is 2. The normalized spacial score (nSPS) is 17.8. The van der Waals surface area contributed by atoms with E-state index in [1.54, 1.807) is 53.4 Å². The van der Waals surface area contributed by atoms with Crippen LogP contribution in [0.4, 0.5) is 0 Å². The van der Waals surface area contributed by atoms with Gasteiger partial charge in [-0.2, -0.15) is 0 Å². The lowest BCUT2D eigenvalue weighted by Gasteiger charge is -2.17. The van der Waals surface area contributed by atoms with Gasteiger partial charge in [-0.05, 0) is 42.0 Å². The summed E-state index contributed by atoms with van der Waals surface area (Å²) in [7, 11) is 0. The molecule has 1 saturated heterocycles. The lowest BCUT2D eigenvalue weighted by molar-refractivity contribution is -0.119. The van der Waals surface area contributed by atoms with Gasteiger partial charge in [0.2, 0.25) is 5.91 Å². The van der Waals surface area contributed by atoms with E-state index in [4.69, 9.17) is 22.1 Å². The zero-order valence-corrected chi connectivity index (χ0v) is 17.9. The number of nitrogens with one attached hydrogen (secondary N) is 1. The Kier molecular flexibility index (Phi) is 6.28. The van der Waals surface area contributed by atoms with Crippen LogP contribution in [0.2, 0.25) is 5.02 Å². The van der Waals surface area contributed by atoms with Crippen LogP contribution in [0.15, 0.2) is 66.7 Å². The molecule has 1 fully saturated rings. The van der Waals surface area contributed by atoms with Gasteiger partial charge in [0.15, 0.2) is 0 Å². The van der Waals surface area contributed by atoms with Crippen LogP contribution in [0, 0.1) is 5.92 Å². The first kappa shape index (κ1) is 21.6. The van der Waals surface area contributed by atoms with Gasteiger partial charge in [0.1, 0.15) is 11.8 Å². The van der Waals surface area contributed by atoms with Crippen LogP contribution in [-0.2, 0) is 9.53 Å². The third-order valence-electron chi connectivity index (χ3n) is 5.47. The first-order valence-corrected chi connectivity index (χ1v) is 10.6. The number of carbonyl (C=O) groups excluding carboxylic acids is 3. The van der Waals surface area contributed by atoms with E-state index in [-0.39, 0.29) is 31.3 Å². The Hall–Kier alpha value is -3.58. The maximum atomic E-state index is 13.1. The number of primary amides is 1. The summed E-state index contributed by atoms with van der Waals surface area (Å²) in [5.74, 6) is -1.60. The minimum absolute atomic E-state index is 0.0251. The molecule has 0 aliphatic carbocycles. The molecule has 0 saturated carbocycles. The summed E-state index contributed by atoms with van der Waals surface area (Å²) in [6.45, 7) is 0.453. The molecule has 2 aromatic carbocycles. The van der Waals surface area contributed by atoms with E-state index in [2.05, 4.69) is 4.98 Å². The zero-order valence-electron chi connectivity index (χ0n) is 17.2. The largest absolute Gasteiger partial charge is 0.457 e. The molecule has 3 N–H and O–H groups in total. The standard InChI is InChI=1S/C24H22ClN3O4/c25-18-8-6-15(7-9-18)19-10-11-20(27-19)23(30)28-13-17(12-22(26)29)21(14-28)32-24(31)16-4-2-1-3-5-16/h1-11,17,21,27H,12-14H2,(H2,26,29)/t17-,21+/m0/s1. The summed E-state index contributed by atoms with van der Waals surface area (Å²) in [6, 6.07) is 19.4. The van der Waals surface area contributed by atoms with E-state index >= 15 is 0 Å². The minimum atomic E-state index is -0.621. The number of halogens is 1. The van der Waals surface area contributed by atoms with E-state index < -0.39 is 18.0 Å². The van der Waals surface area contributed by atoms with E-state index in [0.29, 0.717) is 16.3 Å². The van der Waals surface area contributed by atoms with Crippen LogP contribution >= 0.6 is 11.6 Å². The molecule has 2 atom stereocenters. The number of aromatic nitrogens is 1. The maximum Gasteiger partial charge on any atom is 0.338 e. The molecule has 1 aliphatic heterocycles. The van der Waals surface area contributed by atoms with Crippen molar-refractivity contribution in [2.45, 2.75) is 12.5 Å². The second kappa shape index (κ2) is 9.28. The monoisotopic (exact) mass is 451 g/mol. The Balaban J connectivity index is 1.48. The second-order valence-corrected chi connectivity index (χ2v) is 8.18. The molecule has 0 radical (unpaired) electrons. The number of ether oxygens (including phenoxy) is 1. The number of esters is 1. The van der Waals surface area contributed by atoms with E-state index in [0.717, 1.165) is 11.3 Å². The number of rotatable bonds is 6.